The van der Waals surface area contributed by atoms with Gasteiger partial charge in [-0.1, -0.05) is 11.6 Å². The highest BCUT2D eigenvalue weighted by molar-refractivity contribution is 6.30. The van der Waals surface area contributed by atoms with Crippen LogP contribution in [0.3, 0.4) is 0 Å². The van der Waals surface area contributed by atoms with E-state index in [0.717, 1.165) is 22.9 Å². The molecule has 0 radical (unpaired) electrons. The predicted octanol–water partition coefficient (Wildman–Crippen LogP) is 4.55. The molecular formula is C27H36ClN3O4. The summed E-state index contributed by atoms with van der Waals surface area (Å²) in [6.07, 6.45) is 3.29. The Morgan fingerprint density at radius 2 is 1.97 bits per heavy atom. The van der Waals surface area contributed by atoms with Crippen LogP contribution in [0.25, 0.3) is 10.9 Å². The third-order valence-corrected chi connectivity index (χ3v) is 5.69. The number of aromatic nitrogens is 1. The molecule has 1 aromatic heterocycles. The molecule has 1 amide bonds. The Kier molecular flexibility index (Phi) is 9.05. The van der Waals surface area contributed by atoms with Crippen LogP contribution in [-0.2, 0) is 13.0 Å². The zero-order valence-corrected chi connectivity index (χ0v) is 21.7. The summed E-state index contributed by atoms with van der Waals surface area (Å²) in [6.45, 7) is 9.86. The molecule has 3 rings (SSSR count). The summed E-state index contributed by atoms with van der Waals surface area (Å²) in [5.41, 5.74) is 7.69. The number of fused-ring (bicyclic) bond motifs is 1. The lowest BCUT2D eigenvalue weighted by molar-refractivity contribution is 0.100. The largest absolute Gasteiger partial charge is 0.488 e. The number of halogens is 1. The standard InChI is InChI=1S/C27H36ClN3O4/c1-18(30-9-13-34-23-7-6-21(28)17-24(23)35-27(2,3)4)14-19-15-20-8-11-31(10-5-12-32)25(20)22(16-19)26(29)33/h6-8,11,15-18,30,32H,5,9-10,12-14H2,1-4H3,(H2,29,33). The van der Waals surface area contributed by atoms with Crippen LogP contribution in [-0.4, -0.2) is 47.0 Å². The van der Waals surface area contributed by atoms with E-state index >= 15 is 0 Å². The van der Waals surface area contributed by atoms with Crippen molar-refractivity contribution in [2.75, 3.05) is 19.8 Å². The van der Waals surface area contributed by atoms with E-state index in [0.29, 0.717) is 48.2 Å². The lowest BCUT2D eigenvalue weighted by Gasteiger charge is -2.23. The van der Waals surface area contributed by atoms with E-state index in [1.165, 1.54) is 0 Å². The van der Waals surface area contributed by atoms with Crippen molar-refractivity contribution in [1.29, 1.82) is 0 Å². The Morgan fingerprint density at radius 1 is 1.20 bits per heavy atom. The van der Waals surface area contributed by atoms with E-state index in [4.69, 9.17) is 31.9 Å². The van der Waals surface area contributed by atoms with Gasteiger partial charge in [0, 0.05) is 48.4 Å². The number of hydrogen-bond acceptors (Lipinski definition) is 5. The highest BCUT2D eigenvalue weighted by atomic mass is 35.5. The fraction of sp³-hybridized carbons (Fsp3) is 0.444. The van der Waals surface area contributed by atoms with Crippen LogP contribution in [0.15, 0.2) is 42.6 Å². The normalized spacial score (nSPS) is 12.6. The summed E-state index contributed by atoms with van der Waals surface area (Å²) >= 11 is 6.13. The summed E-state index contributed by atoms with van der Waals surface area (Å²) in [4.78, 5) is 12.2. The summed E-state index contributed by atoms with van der Waals surface area (Å²) in [6, 6.07) is 11.5. The van der Waals surface area contributed by atoms with Crippen molar-refractivity contribution in [3.05, 3.63) is 58.7 Å². The number of nitrogens with one attached hydrogen (secondary N) is 1. The van der Waals surface area contributed by atoms with Gasteiger partial charge in [0.15, 0.2) is 11.5 Å². The average Bonchev–Trinajstić information content (AvgIpc) is 3.17. The number of ether oxygens (including phenoxy) is 2. The zero-order chi connectivity index (χ0) is 25.6. The van der Waals surface area contributed by atoms with Crippen molar-refractivity contribution in [1.82, 2.24) is 9.88 Å². The van der Waals surface area contributed by atoms with Gasteiger partial charge >= 0.3 is 0 Å². The van der Waals surface area contributed by atoms with Crippen LogP contribution in [0.4, 0.5) is 0 Å². The number of rotatable bonds is 12. The van der Waals surface area contributed by atoms with Gasteiger partial charge in [0.25, 0.3) is 5.91 Å². The number of primary amides is 1. The second kappa shape index (κ2) is 11.8. The van der Waals surface area contributed by atoms with Crippen molar-refractivity contribution < 1.29 is 19.4 Å². The molecule has 0 saturated heterocycles. The van der Waals surface area contributed by atoms with Crippen molar-refractivity contribution in [2.45, 2.75) is 58.7 Å². The summed E-state index contributed by atoms with van der Waals surface area (Å²) in [5, 5.41) is 14.2. The number of carbonyl (C=O) groups excluding carboxylic acids is 1. The molecule has 1 unspecified atom stereocenters. The zero-order valence-electron chi connectivity index (χ0n) is 20.9. The molecule has 8 heteroatoms. The Balaban J connectivity index is 1.60. The van der Waals surface area contributed by atoms with Crippen molar-refractivity contribution in [3.63, 3.8) is 0 Å². The first-order chi connectivity index (χ1) is 16.6. The van der Waals surface area contributed by atoms with Crippen molar-refractivity contribution in [3.8, 4) is 11.5 Å². The van der Waals surface area contributed by atoms with Gasteiger partial charge in [-0.25, -0.2) is 0 Å². The molecule has 3 aromatic rings. The number of aryl methyl sites for hydroxylation is 1. The molecule has 0 aliphatic carbocycles. The van der Waals surface area contributed by atoms with E-state index in [2.05, 4.69) is 18.3 Å². The van der Waals surface area contributed by atoms with Crippen molar-refractivity contribution in [2.24, 2.45) is 5.73 Å². The van der Waals surface area contributed by atoms with E-state index in [9.17, 15) is 4.79 Å². The molecule has 0 aliphatic rings. The fourth-order valence-corrected chi connectivity index (χ4v) is 4.21. The molecular weight excluding hydrogens is 466 g/mol. The predicted molar refractivity (Wildman–Crippen MR) is 141 cm³/mol. The molecule has 190 valence electrons. The molecule has 0 aliphatic heterocycles. The molecule has 1 heterocycles. The number of hydrogen-bond donors (Lipinski definition) is 3. The Morgan fingerprint density at radius 3 is 2.66 bits per heavy atom. The van der Waals surface area contributed by atoms with E-state index in [1.54, 1.807) is 12.1 Å². The van der Waals surface area contributed by atoms with Crippen LogP contribution in [0.1, 0.15) is 50.0 Å². The average molecular weight is 502 g/mol. The summed E-state index contributed by atoms with van der Waals surface area (Å²) in [5.74, 6) is 0.823. The quantitative estimate of drug-likeness (QED) is 0.316. The summed E-state index contributed by atoms with van der Waals surface area (Å²) in [7, 11) is 0. The topological polar surface area (TPSA) is 98.7 Å². The SMILES string of the molecule is CC(Cc1cc(C(N)=O)c2c(ccn2CCCO)c1)NCCOc1ccc(Cl)cc1OC(C)(C)C. The first-order valence-electron chi connectivity index (χ1n) is 11.9. The highest BCUT2D eigenvalue weighted by Crippen LogP contribution is 2.33. The lowest BCUT2D eigenvalue weighted by Crippen LogP contribution is -2.32. The van der Waals surface area contributed by atoms with Gasteiger partial charge < -0.3 is 30.2 Å². The number of nitrogens with zero attached hydrogens (tertiary/aromatic N) is 1. The van der Waals surface area contributed by atoms with Gasteiger partial charge in [0.1, 0.15) is 12.2 Å². The van der Waals surface area contributed by atoms with Crippen LogP contribution in [0.2, 0.25) is 5.02 Å². The lowest BCUT2D eigenvalue weighted by atomic mass is 10.0. The minimum atomic E-state index is -0.453. The van der Waals surface area contributed by atoms with Crippen molar-refractivity contribution >= 4 is 28.4 Å². The Bertz CT molecular complexity index is 1150. The van der Waals surface area contributed by atoms with Gasteiger partial charge in [-0.15, -0.1) is 0 Å². The maximum absolute atomic E-state index is 12.2. The van der Waals surface area contributed by atoms with Gasteiger partial charge in [0.05, 0.1) is 11.1 Å². The molecule has 0 spiro atoms. The Labute approximate surface area is 212 Å². The highest BCUT2D eigenvalue weighted by Gasteiger charge is 2.17. The van der Waals surface area contributed by atoms with Crippen LogP contribution >= 0.6 is 11.6 Å². The molecule has 35 heavy (non-hydrogen) atoms. The van der Waals surface area contributed by atoms with Crippen LogP contribution < -0.4 is 20.5 Å². The molecule has 2 aromatic carbocycles. The second-order valence-electron chi connectivity index (χ2n) is 9.75. The minimum absolute atomic E-state index is 0.0967. The maximum Gasteiger partial charge on any atom is 0.250 e. The van der Waals surface area contributed by atoms with Crippen LogP contribution in [0, 0.1) is 0 Å². The number of benzene rings is 2. The minimum Gasteiger partial charge on any atom is -0.488 e. The molecule has 0 bridgehead atoms. The van der Waals surface area contributed by atoms with Gasteiger partial charge in [-0.2, -0.15) is 0 Å². The summed E-state index contributed by atoms with van der Waals surface area (Å²) < 4.78 is 13.9. The fourth-order valence-electron chi connectivity index (χ4n) is 4.05. The molecule has 1 atom stereocenters. The first kappa shape index (κ1) is 26.9. The number of aliphatic hydroxyl groups is 1. The molecule has 4 N–H and O–H groups in total. The third kappa shape index (κ3) is 7.62. The molecule has 0 saturated carbocycles. The maximum atomic E-state index is 12.2. The number of aliphatic hydroxyl groups excluding tert-OH is 1. The van der Waals surface area contributed by atoms with Crippen LogP contribution in [0.5, 0.6) is 11.5 Å². The van der Waals surface area contributed by atoms with Gasteiger partial charge in [0.2, 0.25) is 0 Å². The van der Waals surface area contributed by atoms with E-state index in [-0.39, 0.29) is 18.2 Å². The Hall–Kier alpha value is -2.74. The first-order valence-corrected chi connectivity index (χ1v) is 12.3. The molecule has 7 nitrogen and oxygen atoms in total. The van der Waals surface area contributed by atoms with E-state index < -0.39 is 5.91 Å². The molecule has 0 fully saturated rings. The smallest absolute Gasteiger partial charge is 0.250 e. The monoisotopic (exact) mass is 501 g/mol. The number of amides is 1. The second-order valence-corrected chi connectivity index (χ2v) is 10.2. The van der Waals surface area contributed by atoms with Gasteiger partial charge in [-0.3, -0.25) is 4.79 Å². The third-order valence-electron chi connectivity index (χ3n) is 5.46. The van der Waals surface area contributed by atoms with E-state index in [1.807, 2.05) is 49.7 Å². The number of nitrogens with two attached hydrogens (primary N) is 1. The number of carbonyl (C=O) groups is 1. The van der Waals surface area contributed by atoms with Gasteiger partial charge in [-0.05, 0) is 76.4 Å².